The van der Waals surface area contributed by atoms with Gasteiger partial charge in [0.25, 0.3) is 0 Å². The number of likely N-dealkylation sites (N-methyl/N-ethyl adjacent to an activating group) is 1. The first-order valence-electron chi connectivity index (χ1n) is 16.5. The predicted molar refractivity (Wildman–Crippen MR) is 166 cm³/mol. The Morgan fingerprint density at radius 2 is 1.98 bits per heavy atom. The van der Waals surface area contributed by atoms with Gasteiger partial charge in [-0.05, 0) is 82.2 Å². The molecule has 4 saturated heterocycles. The van der Waals surface area contributed by atoms with Crippen LogP contribution in [-0.2, 0) is 14.3 Å². The smallest absolute Gasteiger partial charge is 0.246 e. The Balaban J connectivity index is 1.21. The second-order valence-electron chi connectivity index (χ2n) is 13.8. The first-order valence-corrected chi connectivity index (χ1v) is 17.5. The normalized spacial score (nSPS) is 43.0. The van der Waals surface area contributed by atoms with Gasteiger partial charge in [-0.15, -0.1) is 0 Å². The molecule has 0 radical (unpaired) electrons. The van der Waals surface area contributed by atoms with Crippen molar-refractivity contribution in [3.8, 4) is 6.07 Å². The highest BCUT2D eigenvalue weighted by atomic mass is 32.2. The molecule has 0 aromatic heterocycles. The number of piperazine rings is 1. The van der Waals surface area contributed by atoms with Crippen molar-refractivity contribution < 1.29 is 14.3 Å². The Morgan fingerprint density at radius 1 is 1.12 bits per heavy atom. The average Bonchev–Trinajstić information content (AvgIpc) is 3.43. The van der Waals surface area contributed by atoms with Gasteiger partial charge < -0.3 is 19.3 Å². The van der Waals surface area contributed by atoms with Gasteiger partial charge in [-0.25, -0.2) is 0 Å². The predicted octanol–water partition coefficient (Wildman–Crippen LogP) is 2.99. The van der Waals surface area contributed by atoms with Crippen molar-refractivity contribution in [2.75, 3.05) is 52.7 Å². The number of fused-ring (bicyclic) bond motifs is 2. The van der Waals surface area contributed by atoms with Gasteiger partial charge in [0.2, 0.25) is 5.91 Å². The first-order chi connectivity index (χ1) is 20.5. The maximum Gasteiger partial charge on any atom is 0.246 e. The Morgan fingerprint density at radius 3 is 2.74 bits per heavy atom. The van der Waals surface area contributed by atoms with E-state index >= 15 is 0 Å². The van der Waals surface area contributed by atoms with Gasteiger partial charge in [-0.2, -0.15) is 17.0 Å². The lowest BCUT2D eigenvalue weighted by Gasteiger charge is -2.59. The Kier molecular flexibility index (Phi) is 9.86. The lowest BCUT2D eigenvalue weighted by Crippen LogP contribution is -2.73. The maximum absolute atomic E-state index is 12.6. The second kappa shape index (κ2) is 13.4. The fourth-order valence-corrected chi connectivity index (χ4v) is 11.3. The van der Waals surface area contributed by atoms with E-state index in [0.29, 0.717) is 56.1 Å². The summed E-state index contributed by atoms with van der Waals surface area (Å²) >= 11 is 2.21. The second-order valence-corrected chi connectivity index (χ2v) is 15.2. The summed E-state index contributed by atoms with van der Waals surface area (Å²) in [5.41, 5.74) is 0. The third-order valence-corrected chi connectivity index (χ3v) is 13.4. The van der Waals surface area contributed by atoms with Crippen LogP contribution in [0.25, 0.3) is 0 Å². The molecule has 0 aromatic carbocycles. The van der Waals surface area contributed by atoms with Crippen molar-refractivity contribution in [3.05, 3.63) is 12.7 Å². The number of hydrogen-bond acceptors (Lipinski definition) is 9. The average molecular weight is 601 g/mol. The summed E-state index contributed by atoms with van der Waals surface area (Å²) in [7, 11) is 4.16. The van der Waals surface area contributed by atoms with E-state index in [0.717, 1.165) is 31.8 Å². The molecule has 6 fully saturated rings. The molecule has 1 spiro atoms. The largest absolute Gasteiger partial charge is 0.380 e. The van der Waals surface area contributed by atoms with E-state index in [1.807, 2.05) is 12.0 Å². The summed E-state index contributed by atoms with van der Waals surface area (Å²) in [6.45, 7) is 7.65. The molecule has 6 aliphatic rings. The third-order valence-electron chi connectivity index (χ3n) is 11.6. The molecule has 6 rings (SSSR count). The molecule has 10 atom stereocenters. The molecular weight excluding hydrogens is 548 g/mol. The lowest BCUT2D eigenvalue weighted by atomic mass is 9.66. The summed E-state index contributed by atoms with van der Waals surface area (Å²) in [5, 5.41) is 17.4. The molecule has 4 aliphatic heterocycles. The van der Waals surface area contributed by atoms with Crippen molar-refractivity contribution in [2.45, 2.75) is 106 Å². The van der Waals surface area contributed by atoms with Gasteiger partial charge in [0, 0.05) is 49.5 Å². The molecule has 4 heterocycles. The fraction of sp³-hybridized carbons (Fsp3) is 0.875. The summed E-state index contributed by atoms with van der Waals surface area (Å²) in [4.78, 5) is 19.4. The van der Waals surface area contributed by atoms with Gasteiger partial charge >= 0.3 is 0 Å². The van der Waals surface area contributed by atoms with Crippen molar-refractivity contribution in [2.24, 2.45) is 17.8 Å². The molecule has 234 valence electrons. The first kappa shape index (κ1) is 30.8. The minimum atomic E-state index is -0.223. The molecule has 42 heavy (non-hydrogen) atoms. The zero-order valence-electron chi connectivity index (χ0n) is 25.7. The van der Waals surface area contributed by atoms with Gasteiger partial charge in [-0.1, -0.05) is 19.4 Å². The minimum absolute atomic E-state index is 0.0755. The van der Waals surface area contributed by atoms with Crippen LogP contribution < -0.4 is 10.6 Å². The number of rotatable bonds is 7. The number of likely N-dealkylation sites (tertiary alicyclic amines) is 1. The standard InChI is InChI=1S/C32H52N6O3S/c1-4-28(39)38-17-16-37(19-23(38)12-14-33)30-26-11-13-32(29(40-3)25-10-6-5-8-22(25)21-42-32)18-27(26)34-31(35-30)41-20-24-9-7-15-36(24)2/h4,22-27,29-31,34-35H,1,5-13,15-21H2,2-3H3/t22?,23?,24?,25?,26?,27?,29?,30?,31?,32-/m1/s1. The molecule has 2 N–H and O–H groups in total. The van der Waals surface area contributed by atoms with Crippen LogP contribution in [-0.4, -0.2) is 115 Å². The van der Waals surface area contributed by atoms with Crippen LogP contribution >= 0.6 is 11.8 Å². The summed E-state index contributed by atoms with van der Waals surface area (Å²) < 4.78 is 13.2. The molecule has 9 nitrogen and oxygen atoms in total. The van der Waals surface area contributed by atoms with Crippen molar-refractivity contribution in [1.82, 2.24) is 25.3 Å². The van der Waals surface area contributed by atoms with Crippen LogP contribution in [0.2, 0.25) is 0 Å². The van der Waals surface area contributed by atoms with E-state index < -0.39 is 0 Å². The number of thioether (sulfide) groups is 1. The van der Waals surface area contributed by atoms with Gasteiger partial charge in [0.15, 0.2) is 6.35 Å². The van der Waals surface area contributed by atoms with Crippen LogP contribution in [0.1, 0.15) is 64.2 Å². The zero-order valence-corrected chi connectivity index (χ0v) is 26.5. The zero-order chi connectivity index (χ0) is 29.3. The summed E-state index contributed by atoms with van der Waals surface area (Å²) in [6, 6.07) is 2.99. The minimum Gasteiger partial charge on any atom is -0.380 e. The quantitative estimate of drug-likeness (QED) is 0.428. The molecule has 9 unspecified atom stereocenters. The topological polar surface area (TPSA) is 93.1 Å². The molecule has 10 heteroatoms. The molecular formula is C32H52N6O3S. The summed E-state index contributed by atoms with van der Waals surface area (Å²) in [6.07, 6.45) is 13.2. The monoisotopic (exact) mass is 600 g/mol. The number of hydrogen-bond donors (Lipinski definition) is 2. The number of ether oxygens (including phenoxy) is 2. The van der Waals surface area contributed by atoms with Crippen LogP contribution in [0.4, 0.5) is 0 Å². The van der Waals surface area contributed by atoms with Gasteiger partial charge in [-0.3, -0.25) is 20.3 Å². The fourth-order valence-electron chi connectivity index (χ4n) is 9.37. The van der Waals surface area contributed by atoms with Crippen molar-refractivity contribution in [3.63, 3.8) is 0 Å². The highest BCUT2D eigenvalue weighted by Gasteiger charge is 2.56. The number of nitrogens with one attached hydrogen (secondary N) is 2. The van der Waals surface area contributed by atoms with E-state index in [-0.39, 0.29) is 29.2 Å². The molecule has 1 amide bonds. The Bertz CT molecular complexity index is 1010. The molecule has 0 bridgehead atoms. The van der Waals surface area contributed by atoms with Crippen molar-refractivity contribution >= 4 is 17.7 Å². The van der Waals surface area contributed by atoms with Gasteiger partial charge in [0.05, 0.1) is 37.4 Å². The molecule has 2 saturated carbocycles. The Hall–Kier alpha value is -1.19. The maximum atomic E-state index is 12.6. The highest BCUT2D eigenvalue weighted by Crippen LogP contribution is 2.56. The van der Waals surface area contributed by atoms with E-state index in [9.17, 15) is 10.1 Å². The SMILES string of the molecule is C=CC(=O)N1CCN(C2NC(OCC3CCCN3C)NC3C[C@@]4(CCC32)SCC2CCCCC2C4OC)CC1CC#N. The number of carbonyl (C=O) groups excluding carboxylic acids is 1. The van der Waals surface area contributed by atoms with Crippen LogP contribution in [0.3, 0.4) is 0 Å². The van der Waals surface area contributed by atoms with E-state index in [1.165, 1.54) is 56.8 Å². The third kappa shape index (κ3) is 6.04. The number of nitrogens with zero attached hydrogens (tertiary/aromatic N) is 4. The Labute approximate surface area is 257 Å². The van der Waals surface area contributed by atoms with E-state index in [2.05, 4.69) is 51.9 Å². The number of methoxy groups -OCH3 is 1. The molecule has 2 aliphatic carbocycles. The number of nitriles is 1. The molecule has 0 aromatic rings. The number of amides is 1. The van der Waals surface area contributed by atoms with E-state index in [4.69, 9.17) is 9.47 Å². The summed E-state index contributed by atoms with van der Waals surface area (Å²) in [5.74, 6) is 3.11. The van der Waals surface area contributed by atoms with Gasteiger partial charge in [0.1, 0.15) is 0 Å². The number of carbonyl (C=O) groups is 1. The van der Waals surface area contributed by atoms with Crippen LogP contribution in [0.5, 0.6) is 0 Å². The van der Waals surface area contributed by atoms with Crippen LogP contribution in [0.15, 0.2) is 12.7 Å². The van der Waals surface area contributed by atoms with E-state index in [1.54, 1.807) is 0 Å². The lowest BCUT2D eigenvalue weighted by molar-refractivity contribution is -0.136. The van der Waals surface area contributed by atoms with Crippen LogP contribution in [0, 0.1) is 29.1 Å². The highest BCUT2D eigenvalue weighted by molar-refractivity contribution is 8.00. The van der Waals surface area contributed by atoms with Crippen molar-refractivity contribution in [1.29, 1.82) is 5.26 Å².